The number of pyridine rings is 1. The zero-order chi connectivity index (χ0) is 16.1. The predicted molar refractivity (Wildman–Crippen MR) is 79.5 cm³/mol. The van der Waals surface area contributed by atoms with Gasteiger partial charge in [0.15, 0.2) is 9.84 Å². The van der Waals surface area contributed by atoms with E-state index >= 15 is 0 Å². The van der Waals surface area contributed by atoms with Gasteiger partial charge in [-0.25, -0.2) is 13.4 Å². The molecule has 1 aromatic rings. The van der Waals surface area contributed by atoms with E-state index in [4.69, 9.17) is 16.3 Å². The number of methoxy groups -OCH3 is 1. The molecule has 0 radical (unpaired) electrons. The van der Waals surface area contributed by atoms with Gasteiger partial charge in [0.2, 0.25) is 5.95 Å². The highest BCUT2D eigenvalue weighted by Gasteiger charge is 2.55. The zero-order valence-corrected chi connectivity index (χ0v) is 14.1. The average Bonchev–Trinajstić information content (AvgIpc) is 2.37. The molecule has 1 aliphatic heterocycles. The summed E-state index contributed by atoms with van der Waals surface area (Å²) in [6.07, 6.45) is 1.37. The van der Waals surface area contributed by atoms with Crippen LogP contribution in [0.15, 0.2) is 12.3 Å². The summed E-state index contributed by atoms with van der Waals surface area (Å²) in [5.41, 5.74) is -0.843. The largest absolute Gasteiger partial charge is 0.373 e. The van der Waals surface area contributed by atoms with E-state index in [1.54, 1.807) is 20.8 Å². The van der Waals surface area contributed by atoms with E-state index in [0.717, 1.165) is 0 Å². The molecule has 1 aromatic heterocycles. The Morgan fingerprint density at radius 3 is 2.67 bits per heavy atom. The van der Waals surface area contributed by atoms with Crippen molar-refractivity contribution in [2.45, 2.75) is 37.5 Å². The Morgan fingerprint density at radius 2 is 2.10 bits per heavy atom. The second-order valence-corrected chi connectivity index (χ2v) is 9.31. The highest BCUT2D eigenvalue weighted by Crippen LogP contribution is 2.48. The Balaban J connectivity index is 2.64. The first-order chi connectivity index (χ1) is 9.56. The molecule has 2 heterocycles. The van der Waals surface area contributed by atoms with Gasteiger partial charge < -0.3 is 4.74 Å². The third-order valence-corrected chi connectivity index (χ3v) is 7.40. The fourth-order valence-electron chi connectivity index (χ4n) is 3.07. The van der Waals surface area contributed by atoms with Crippen molar-refractivity contribution in [2.24, 2.45) is 5.92 Å². The molecule has 21 heavy (non-hydrogen) atoms. The number of rotatable bonds is 2. The van der Waals surface area contributed by atoms with Gasteiger partial charge in [-0.15, -0.1) is 0 Å². The van der Waals surface area contributed by atoms with Gasteiger partial charge in [-0.3, -0.25) is 0 Å². The van der Waals surface area contributed by atoms with Crippen molar-refractivity contribution in [3.05, 3.63) is 28.8 Å². The number of hydrogen-bond donors (Lipinski definition) is 0. The van der Waals surface area contributed by atoms with E-state index < -0.39 is 32.1 Å². The van der Waals surface area contributed by atoms with Crippen LogP contribution in [0.2, 0.25) is 5.02 Å². The van der Waals surface area contributed by atoms with Gasteiger partial charge in [-0.05, 0) is 19.9 Å². The van der Waals surface area contributed by atoms with E-state index in [9.17, 15) is 12.8 Å². The second-order valence-electron chi connectivity index (χ2n) is 6.20. The van der Waals surface area contributed by atoms with E-state index in [-0.39, 0.29) is 17.7 Å². The molecule has 2 unspecified atom stereocenters. The lowest BCUT2D eigenvalue weighted by atomic mass is 9.76. The third-order valence-electron chi connectivity index (χ3n) is 4.42. The summed E-state index contributed by atoms with van der Waals surface area (Å²) in [5, 5.41) is 0.293. The summed E-state index contributed by atoms with van der Waals surface area (Å²) < 4.78 is 43.5. The highest BCUT2D eigenvalue weighted by atomic mass is 35.5. The monoisotopic (exact) mass is 335 g/mol. The SMILES string of the molecule is COC1(c2cc(Cl)cnc2F)CC(C)(C)S(=O)(=O)CC1C. The number of aromatic nitrogens is 1. The molecule has 1 saturated heterocycles. The molecule has 2 rings (SSSR count). The highest BCUT2D eigenvalue weighted by molar-refractivity contribution is 7.92. The maximum atomic E-state index is 14.2. The summed E-state index contributed by atoms with van der Waals surface area (Å²) in [5.74, 6) is -1.15. The third kappa shape index (κ3) is 2.58. The van der Waals surface area contributed by atoms with Crippen molar-refractivity contribution >= 4 is 21.4 Å². The number of nitrogens with zero attached hydrogens (tertiary/aromatic N) is 1. The number of sulfone groups is 1. The summed E-state index contributed by atoms with van der Waals surface area (Å²) >= 11 is 5.93. The standard InChI is InChI=1S/C14H19ClFNO3S/c1-9-7-21(18,19)13(2,3)8-14(9,20-4)11-5-10(15)6-17-12(11)16/h5-6,9H,7-8H2,1-4H3. The van der Waals surface area contributed by atoms with Crippen LogP contribution in [-0.4, -0.2) is 31.0 Å². The Labute approximate surface area is 129 Å². The van der Waals surface area contributed by atoms with Gasteiger partial charge in [0.1, 0.15) is 5.60 Å². The van der Waals surface area contributed by atoms with Crippen molar-refractivity contribution in [2.75, 3.05) is 12.9 Å². The minimum absolute atomic E-state index is 0.0696. The molecular formula is C14H19ClFNO3S. The van der Waals surface area contributed by atoms with Crippen LogP contribution in [0.5, 0.6) is 0 Å². The first-order valence-corrected chi connectivity index (χ1v) is 8.68. The van der Waals surface area contributed by atoms with Crippen LogP contribution in [0.1, 0.15) is 32.8 Å². The van der Waals surface area contributed by atoms with Crippen LogP contribution >= 0.6 is 11.6 Å². The normalized spacial score (nSPS) is 31.0. The van der Waals surface area contributed by atoms with Crippen LogP contribution in [0.4, 0.5) is 4.39 Å². The molecule has 4 nitrogen and oxygen atoms in total. The van der Waals surface area contributed by atoms with Crippen molar-refractivity contribution in [3.8, 4) is 0 Å². The molecule has 0 aliphatic carbocycles. The molecule has 1 fully saturated rings. The van der Waals surface area contributed by atoms with Gasteiger partial charge in [0, 0.05) is 31.2 Å². The van der Waals surface area contributed by atoms with E-state index in [1.165, 1.54) is 19.4 Å². The maximum Gasteiger partial charge on any atom is 0.219 e. The summed E-state index contributed by atoms with van der Waals surface area (Å²) in [6, 6.07) is 1.47. The predicted octanol–water partition coefficient (Wildman–Crippen LogP) is 2.95. The summed E-state index contributed by atoms with van der Waals surface area (Å²) in [4.78, 5) is 3.64. The Hall–Kier alpha value is -0.720. The molecule has 1 aliphatic rings. The first-order valence-electron chi connectivity index (χ1n) is 6.65. The lowest BCUT2D eigenvalue weighted by Gasteiger charge is -2.47. The van der Waals surface area contributed by atoms with Gasteiger partial charge >= 0.3 is 0 Å². The maximum absolute atomic E-state index is 14.2. The number of halogens is 2. The first kappa shape index (κ1) is 16.6. The van der Waals surface area contributed by atoms with Crippen LogP contribution in [0, 0.1) is 11.9 Å². The molecule has 2 atom stereocenters. The molecule has 118 valence electrons. The minimum atomic E-state index is -3.28. The van der Waals surface area contributed by atoms with Crippen molar-refractivity contribution in [1.82, 2.24) is 4.98 Å². The topological polar surface area (TPSA) is 56.3 Å². The fraction of sp³-hybridized carbons (Fsp3) is 0.643. The number of ether oxygens (including phenoxy) is 1. The Morgan fingerprint density at radius 1 is 1.48 bits per heavy atom. The molecular weight excluding hydrogens is 317 g/mol. The molecule has 7 heteroatoms. The molecule has 0 amide bonds. The van der Waals surface area contributed by atoms with Crippen LogP contribution < -0.4 is 0 Å². The lowest BCUT2D eigenvalue weighted by Crippen LogP contribution is -2.54. The van der Waals surface area contributed by atoms with Gasteiger partial charge in [0.05, 0.1) is 15.5 Å². The fourth-order valence-corrected chi connectivity index (χ4v) is 5.04. The molecule has 0 aromatic carbocycles. The van der Waals surface area contributed by atoms with Crippen molar-refractivity contribution < 1.29 is 17.5 Å². The zero-order valence-electron chi connectivity index (χ0n) is 12.5. The number of hydrogen-bond acceptors (Lipinski definition) is 4. The lowest BCUT2D eigenvalue weighted by molar-refractivity contribution is -0.0731. The van der Waals surface area contributed by atoms with Crippen molar-refractivity contribution in [1.29, 1.82) is 0 Å². The molecule has 0 N–H and O–H groups in total. The molecule has 0 spiro atoms. The van der Waals surface area contributed by atoms with Gasteiger partial charge in [-0.1, -0.05) is 18.5 Å². The van der Waals surface area contributed by atoms with E-state index in [0.29, 0.717) is 5.02 Å². The van der Waals surface area contributed by atoms with Gasteiger partial charge in [-0.2, -0.15) is 4.39 Å². The second kappa shape index (κ2) is 5.18. The average molecular weight is 336 g/mol. The molecule has 0 bridgehead atoms. The molecule has 0 saturated carbocycles. The van der Waals surface area contributed by atoms with Crippen molar-refractivity contribution in [3.63, 3.8) is 0 Å². The Bertz CT molecular complexity index is 662. The van der Waals surface area contributed by atoms with Crippen LogP contribution in [0.25, 0.3) is 0 Å². The Kier molecular flexibility index (Phi) is 4.10. The van der Waals surface area contributed by atoms with Crippen LogP contribution in [-0.2, 0) is 20.2 Å². The summed E-state index contributed by atoms with van der Waals surface area (Å²) in [6.45, 7) is 5.02. The van der Waals surface area contributed by atoms with E-state index in [1.807, 2.05) is 0 Å². The van der Waals surface area contributed by atoms with E-state index in [2.05, 4.69) is 4.98 Å². The smallest absolute Gasteiger partial charge is 0.219 e. The minimum Gasteiger partial charge on any atom is -0.373 e. The van der Waals surface area contributed by atoms with Gasteiger partial charge in [0.25, 0.3) is 0 Å². The summed E-state index contributed by atoms with van der Waals surface area (Å²) in [7, 11) is -1.81. The van der Waals surface area contributed by atoms with Crippen LogP contribution in [0.3, 0.4) is 0 Å². The quantitative estimate of drug-likeness (QED) is 0.780.